The molecule has 106 valence electrons. The summed E-state index contributed by atoms with van der Waals surface area (Å²) in [5, 5.41) is 3.22. The summed E-state index contributed by atoms with van der Waals surface area (Å²) in [7, 11) is 0. The second kappa shape index (κ2) is 5.47. The van der Waals surface area contributed by atoms with Crippen molar-refractivity contribution in [2.75, 3.05) is 6.54 Å². The summed E-state index contributed by atoms with van der Waals surface area (Å²) >= 11 is -0.968. The van der Waals surface area contributed by atoms with Gasteiger partial charge in [0.2, 0.25) is 0 Å². The van der Waals surface area contributed by atoms with Crippen LogP contribution in [0.4, 0.5) is 0 Å². The average Bonchev–Trinajstić information content (AvgIpc) is 2.47. The number of hydrogen-bond donors (Lipinski definition) is 1. The smallest absolute Gasteiger partial charge is 0.165 e. The van der Waals surface area contributed by atoms with Gasteiger partial charge in [0.25, 0.3) is 0 Å². The van der Waals surface area contributed by atoms with E-state index >= 15 is 0 Å². The fraction of sp³-hybridized carbons (Fsp3) is 0.375. The highest BCUT2D eigenvalue weighted by Crippen LogP contribution is 2.41. The molecule has 1 aliphatic carbocycles. The zero-order chi connectivity index (χ0) is 12.8. The minimum atomic E-state index is -0.968. The Morgan fingerprint density at radius 3 is 2.80 bits per heavy atom. The van der Waals surface area contributed by atoms with Crippen molar-refractivity contribution in [1.29, 1.82) is 0 Å². The SMILES string of the molecule is Cl.[O-][S+]1C2=CCNC=C2Cc2ccc3c(c21)CCCC3. The molecule has 1 aromatic carbocycles. The number of hydrogen-bond acceptors (Lipinski definition) is 2. The maximum atomic E-state index is 12.9. The first-order valence-corrected chi connectivity index (χ1v) is 8.18. The molecule has 0 fully saturated rings. The number of fused-ring (bicyclic) bond motifs is 4. The molecule has 0 amide bonds. The van der Waals surface area contributed by atoms with Crippen molar-refractivity contribution in [2.24, 2.45) is 0 Å². The maximum absolute atomic E-state index is 12.9. The molecule has 2 nitrogen and oxygen atoms in total. The summed E-state index contributed by atoms with van der Waals surface area (Å²) in [6.07, 6.45) is 9.83. The molecular weight excluding hydrogens is 290 g/mol. The van der Waals surface area contributed by atoms with Gasteiger partial charge in [0.05, 0.1) is 0 Å². The molecule has 1 atom stereocenters. The summed E-state index contributed by atoms with van der Waals surface area (Å²) in [5.41, 5.74) is 5.29. The van der Waals surface area contributed by atoms with Crippen LogP contribution >= 0.6 is 12.4 Å². The summed E-state index contributed by atoms with van der Waals surface area (Å²) < 4.78 is 12.9. The molecule has 0 spiro atoms. The summed E-state index contributed by atoms with van der Waals surface area (Å²) in [6.45, 7) is 0.801. The lowest BCUT2D eigenvalue weighted by Gasteiger charge is -2.29. The Bertz CT molecular complexity index is 609. The fourth-order valence-corrected chi connectivity index (χ4v) is 5.06. The van der Waals surface area contributed by atoms with Crippen LogP contribution in [-0.4, -0.2) is 11.1 Å². The quantitative estimate of drug-likeness (QED) is 0.748. The molecule has 4 heteroatoms. The van der Waals surface area contributed by atoms with Gasteiger partial charge in [0, 0.05) is 47.0 Å². The van der Waals surface area contributed by atoms with Gasteiger partial charge in [-0.15, -0.1) is 12.4 Å². The molecule has 3 aliphatic rings. The lowest BCUT2D eigenvalue weighted by atomic mass is 9.88. The van der Waals surface area contributed by atoms with E-state index in [0.717, 1.165) is 35.6 Å². The van der Waals surface area contributed by atoms with Crippen molar-refractivity contribution in [3.8, 4) is 0 Å². The predicted molar refractivity (Wildman–Crippen MR) is 84.6 cm³/mol. The summed E-state index contributed by atoms with van der Waals surface area (Å²) in [4.78, 5) is 2.19. The second-order valence-electron chi connectivity index (χ2n) is 5.49. The van der Waals surface area contributed by atoms with Crippen molar-refractivity contribution in [2.45, 2.75) is 37.0 Å². The van der Waals surface area contributed by atoms with Gasteiger partial charge in [-0.2, -0.15) is 0 Å². The van der Waals surface area contributed by atoms with Crippen LogP contribution in [-0.2, 0) is 30.4 Å². The standard InChI is InChI=1S/C16H17NOS.ClH/c18-19-15-7-8-17-10-13(15)9-12-6-5-11-3-1-2-4-14(11)16(12)19;/h5-7,10,17H,1-4,8-9H2;1H. The van der Waals surface area contributed by atoms with E-state index in [1.807, 2.05) is 6.20 Å². The van der Waals surface area contributed by atoms with Gasteiger partial charge in [0.1, 0.15) is 0 Å². The number of rotatable bonds is 0. The van der Waals surface area contributed by atoms with E-state index in [9.17, 15) is 4.55 Å². The number of allylic oxidation sites excluding steroid dienone is 1. The van der Waals surface area contributed by atoms with Gasteiger partial charge < -0.3 is 9.87 Å². The Kier molecular flexibility index (Phi) is 3.85. The fourth-order valence-electron chi connectivity index (χ4n) is 3.40. The lowest BCUT2D eigenvalue weighted by molar-refractivity contribution is 0.592. The van der Waals surface area contributed by atoms with Crippen molar-refractivity contribution < 1.29 is 4.55 Å². The zero-order valence-electron chi connectivity index (χ0n) is 11.3. The first kappa shape index (κ1) is 14.1. The number of aryl methyl sites for hydroxylation is 1. The average molecular weight is 308 g/mol. The van der Waals surface area contributed by atoms with E-state index in [1.165, 1.54) is 35.1 Å². The molecule has 4 rings (SSSR count). The molecular formula is C16H18ClNOS. The van der Waals surface area contributed by atoms with Gasteiger partial charge in [-0.3, -0.25) is 0 Å². The minimum absolute atomic E-state index is 0. The van der Waals surface area contributed by atoms with Gasteiger partial charge >= 0.3 is 0 Å². The third-order valence-corrected chi connectivity index (χ3v) is 6.03. The Morgan fingerprint density at radius 1 is 1.10 bits per heavy atom. The van der Waals surface area contributed by atoms with Crippen LogP contribution < -0.4 is 5.32 Å². The third kappa shape index (κ3) is 2.09. The van der Waals surface area contributed by atoms with Gasteiger partial charge in [-0.05, 0) is 37.3 Å². The van der Waals surface area contributed by atoms with Crippen LogP contribution in [0.5, 0.6) is 0 Å². The van der Waals surface area contributed by atoms with E-state index in [-0.39, 0.29) is 12.4 Å². The van der Waals surface area contributed by atoms with Crippen LogP contribution in [0.1, 0.15) is 29.5 Å². The number of halogens is 1. The Balaban J connectivity index is 0.00000121. The van der Waals surface area contributed by atoms with Crippen LogP contribution in [0.25, 0.3) is 0 Å². The molecule has 2 heterocycles. The normalized spacial score (nSPS) is 23.1. The molecule has 20 heavy (non-hydrogen) atoms. The monoisotopic (exact) mass is 307 g/mol. The minimum Gasteiger partial charge on any atom is -0.606 e. The third-order valence-electron chi connectivity index (χ3n) is 4.33. The zero-order valence-corrected chi connectivity index (χ0v) is 12.9. The van der Waals surface area contributed by atoms with E-state index in [2.05, 4.69) is 23.5 Å². The molecule has 1 N–H and O–H groups in total. The Labute approximate surface area is 128 Å². The summed E-state index contributed by atoms with van der Waals surface area (Å²) in [5.74, 6) is 0. The lowest BCUT2D eigenvalue weighted by Crippen LogP contribution is -2.25. The molecule has 0 radical (unpaired) electrons. The van der Waals surface area contributed by atoms with Gasteiger partial charge in [0.15, 0.2) is 9.80 Å². The van der Waals surface area contributed by atoms with E-state index in [1.54, 1.807) is 0 Å². The predicted octanol–water partition coefficient (Wildman–Crippen LogP) is 3.02. The van der Waals surface area contributed by atoms with Crippen molar-refractivity contribution in [1.82, 2.24) is 5.32 Å². The Hall–Kier alpha value is -0.900. The molecule has 1 unspecified atom stereocenters. The maximum Gasteiger partial charge on any atom is 0.165 e. The van der Waals surface area contributed by atoms with Crippen molar-refractivity contribution in [3.05, 3.63) is 51.6 Å². The number of benzene rings is 1. The largest absolute Gasteiger partial charge is 0.606 e. The second-order valence-corrected chi connectivity index (χ2v) is 6.88. The highest BCUT2D eigenvalue weighted by Gasteiger charge is 2.35. The van der Waals surface area contributed by atoms with Crippen LogP contribution in [0.3, 0.4) is 0 Å². The van der Waals surface area contributed by atoms with Crippen molar-refractivity contribution >= 4 is 23.6 Å². The molecule has 0 saturated carbocycles. The highest BCUT2D eigenvalue weighted by atomic mass is 35.5. The first-order chi connectivity index (χ1) is 9.34. The van der Waals surface area contributed by atoms with Crippen LogP contribution in [0.15, 0.2) is 39.8 Å². The molecule has 2 aliphatic heterocycles. The highest BCUT2D eigenvalue weighted by molar-refractivity contribution is 7.95. The number of dihydropyridines is 1. The summed E-state index contributed by atoms with van der Waals surface area (Å²) in [6, 6.07) is 4.46. The van der Waals surface area contributed by atoms with E-state index in [0.29, 0.717) is 0 Å². The number of nitrogens with one attached hydrogen (secondary N) is 1. The molecule has 0 aromatic heterocycles. The van der Waals surface area contributed by atoms with Crippen molar-refractivity contribution in [3.63, 3.8) is 0 Å². The molecule has 0 bridgehead atoms. The van der Waals surface area contributed by atoms with E-state index in [4.69, 9.17) is 0 Å². The molecule has 0 saturated heterocycles. The van der Waals surface area contributed by atoms with Gasteiger partial charge in [-0.25, -0.2) is 0 Å². The van der Waals surface area contributed by atoms with Crippen LogP contribution in [0.2, 0.25) is 0 Å². The topological polar surface area (TPSA) is 35.1 Å². The Morgan fingerprint density at radius 2 is 1.90 bits per heavy atom. The molecule has 1 aromatic rings. The van der Waals surface area contributed by atoms with Gasteiger partial charge in [-0.1, -0.05) is 12.1 Å². The van der Waals surface area contributed by atoms with Crippen LogP contribution in [0, 0.1) is 0 Å². The van der Waals surface area contributed by atoms with E-state index < -0.39 is 11.2 Å². The first-order valence-electron chi connectivity index (χ1n) is 7.03.